The Bertz CT molecular complexity index is 547. The Morgan fingerprint density at radius 2 is 2.11 bits per heavy atom. The van der Waals surface area contributed by atoms with Crippen LogP contribution >= 0.6 is 27.3 Å². The van der Waals surface area contributed by atoms with Gasteiger partial charge >= 0.3 is 0 Å². The van der Waals surface area contributed by atoms with Crippen molar-refractivity contribution >= 4 is 27.3 Å². The Morgan fingerprint density at radius 3 is 2.67 bits per heavy atom. The molecule has 0 amide bonds. The summed E-state index contributed by atoms with van der Waals surface area (Å²) in [6.07, 6.45) is 0.582. The highest BCUT2D eigenvalue weighted by Crippen LogP contribution is 2.33. The third kappa shape index (κ3) is 2.63. The van der Waals surface area contributed by atoms with Crippen LogP contribution in [-0.4, -0.2) is 29.3 Å². The highest BCUT2D eigenvalue weighted by atomic mass is 79.9. The van der Waals surface area contributed by atoms with Crippen LogP contribution in [0.4, 0.5) is 0 Å². The third-order valence-electron chi connectivity index (χ3n) is 2.27. The van der Waals surface area contributed by atoms with Crippen LogP contribution in [0.5, 0.6) is 11.8 Å². The first-order valence-corrected chi connectivity index (χ1v) is 6.65. The molecule has 0 fully saturated rings. The molecular formula is C11H11BrN2O3S. The minimum absolute atomic E-state index is 0.256. The fourth-order valence-electron chi connectivity index (χ4n) is 1.41. The number of hydrogen-bond acceptors (Lipinski definition) is 6. The molecule has 96 valence electrons. The van der Waals surface area contributed by atoms with Crippen LogP contribution in [0.25, 0.3) is 0 Å². The summed E-state index contributed by atoms with van der Waals surface area (Å²) >= 11 is 4.78. The van der Waals surface area contributed by atoms with Crippen molar-refractivity contribution in [3.05, 3.63) is 32.7 Å². The van der Waals surface area contributed by atoms with Gasteiger partial charge in [-0.3, -0.25) is 0 Å². The molecule has 0 bridgehead atoms. The third-order valence-corrected chi connectivity index (χ3v) is 3.95. The van der Waals surface area contributed by atoms with Gasteiger partial charge in [0.05, 0.1) is 24.2 Å². The molecule has 0 aromatic carbocycles. The molecule has 0 aliphatic carbocycles. The molecule has 2 rings (SSSR count). The Labute approximate surface area is 117 Å². The van der Waals surface area contributed by atoms with Gasteiger partial charge in [-0.05, 0) is 28.1 Å². The van der Waals surface area contributed by atoms with Crippen LogP contribution in [-0.2, 0) is 0 Å². The van der Waals surface area contributed by atoms with E-state index in [1.54, 1.807) is 0 Å². The molecule has 18 heavy (non-hydrogen) atoms. The van der Waals surface area contributed by atoms with E-state index in [1.807, 2.05) is 12.1 Å². The average molecular weight is 331 g/mol. The summed E-state index contributed by atoms with van der Waals surface area (Å²) in [5, 5.41) is 10.2. The topological polar surface area (TPSA) is 64.5 Å². The highest BCUT2D eigenvalue weighted by molar-refractivity contribution is 9.11. The second-order valence-corrected chi connectivity index (χ2v) is 5.85. The summed E-state index contributed by atoms with van der Waals surface area (Å²) in [5.74, 6) is 0.599. The van der Waals surface area contributed by atoms with Crippen LogP contribution < -0.4 is 9.47 Å². The first-order valence-electron chi connectivity index (χ1n) is 5.04. The largest absolute Gasteiger partial charge is 0.480 e. The smallest absolute Gasteiger partial charge is 0.241 e. The van der Waals surface area contributed by atoms with E-state index in [2.05, 4.69) is 25.9 Å². The van der Waals surface area contributed by atoms with E-state index in [1.165, 1.54) is 31.8 Å². The number of methoxy groups -OCH3 is 2. The van der Waals surface area contributed by atoms with Crippen LogP contribution in [0.2, 0.25) is 0 Å². The van der Waals surface area contributed by atoms with Gasteiger partial charge in [0, 0.05) is 4.88 Å². The Balaban J connectivity index is 2.38. The molecule has 7 heteroatoms. The predicted octanol–water partition coefficient (Wildman–Crippen LogP) is 2.40. The number of aromatic nitrogens is 2. The van der Waals surface area contributed by atoms with E-state index in [9.17, 15) is 5.11 Å². The van der Waals surface area contributed by atoms with Crippen LogP contribution in [0, 0.1) is 0 Å². The molecule has 2 aromatic rings. The number of nitrogens with zero attached hydrogens (tertiary/aromatic N) is 2. The number of hydrogen-bond donors (Lipinski definition) is 1. The minimum Gasteiger partial charge on any atom is -0.480 e. The SMILES string of the molecule is COc1cnc(C(O)c2ccc(Br)s2)c(OC)n1. The van der Waals surface area contributed by atoms with Crippen molar-refractivity contribution in [2.75, 3.05) is 14.2 Å². The lowest BCUT2D eigenvalue weighted by atomic mass is 10.2. The number of rotatable bonds is 4. The van der Waals surface area contributed by atoms with Crippen molar-refractivity contribution in [2.45, 2.75) is 6.10 Å². The number of aliphatic hydroxyl groups excluding tert-OH is 1. The van der Waals surface area contributed by atoms with E-state index in [-0.39, 0.29) is 5.88 Å². The summed E-state index contributed by atoms with van der Waals surface area (Å²) in [7, 11) is 2.97. The molecule has 2 heterocycles. The normalized spacial score (nSPS) is 12.2. The maximum Gasteiger partial charge on any atom is 0.241 e. The molecule has 0 aliphatic rings. The van der Waals surface area contributed by atoms with Crippen LogP contribution in [0.1, 0.15) is 16.7 Å². The lowest BCUT2D eigenvalue weighted by molar-refractivity contribution is 0.210. The highest BCUT2D eigenvalue weighted by Gasteiger charge is 2.20. The second-order valence-electron chi connectivity index (χ2n) is 3.35. The molecule has 2 aromatic heterocycles. The van der Waals surface area contributed by atoms with E-state index >= 15 is 0 Å². The molecule has 0 saturated carbocycles. The second kappa shape index (κ2) is 5.64. The zero-order chi connectivity index (χ0) is 13.1. The summed E-state index contributed by atoms with van der Waals surface area (Å²) in [4.78, 5) is 8.99. The molecule has 1 atom stereocenters. The van der Waals surface area contributed by atoms with Crippen molar-refractivity contribution in [2.24, 2.45) is 0 Å². The van der Waals surface area contributed by atoms with Gasteiger partial charge in [-0.2, -0.15) is 4.98 Å². The van der Waals surface area contributed by atoms with Gasteiger partial charge in [0.15, 0.2) is 0 Å². The zero-order valence-electron chi connectivity index (χ0n) is 9.75. The summed E-state index contributed by atoms with van der Waals surface area (Å²) in [5.41, 5.74) is 0.368. The van der Waals surface area contributed by atoms with E-state index in [0.717, 1.165) is 8.66 Å². The van der Waals surface area contributed by atoms with Gasteiger partial charge in [0.25, 0.3) is 0 Å². The fraction of sp³-hybridized carbons (Fsp3) is 0.273. The van der Waals surface area contributed by atoms with Crippen molar-refractivity contribution in [1.29, 1.82) is 0 Å². The summed E-state index contributed by atoms with van der Waals surface area (Å²) < 4.78 is 11.0. The number of halogens is 1. The van der Waals surface area contributed by atoms with E-state index in [0.29, 0.717) is 11.6 Å². The first-order chi connectivity index (χ1) is 8.65. The first kappa shape index (κ1) is 13.3. The minimum atomic E-state index is -0.866. The molecule has 1 N–H and O–H groups in total. The Hall–Kier alpha value is -1.18. The number of thiophene rings is 1. The van der Waals surface area contributed by atoms with E-state index < -0.39 is 6.10 Å². The molecular weight excluding hydrogens is 320 g/mol. The van der Waals surface area contributed by atoms with Crippen LogP contribution in [0.15, 0.2) is 22.1 Å². The van der Waals surface area contributed by atoms with E-state index in [4.69, 9.17) is 9.47 Å². The maximum atomic E-state index is 10.2. The van der Waals surface area contributed by atoms with Crippen molar-refractivity contribution in [3.8, 4) is 11.8 Å². The summed E-state index contributed by atoms with van der Waals surface area (Å²) in [6.45, 7) is 0. The monoisotopic (exact) mass is 330 g/mol. The van der Waals surface area contributed by atoms with Crippen molar-refractivity contribution in [3.63, 3.8) is 0 Å². The zero-order valence-corrected chi connectivity index (χ0v) is 12.2. The van der Waals surface area contributed by atoms with Gasteiger partial charge in [-0.15, -0.1) is 11.3 Å². The Kier molecular flexibility index (Phi) is 4.15. The number of aliphatic hydroxyl groups is 1. The summed E-state index contributed by atoms with van der Waals surface area (Å²) in [6, 6.07) is 3.69. The van der Waals surface area contributed by atoms with Gasteiger partial charge in [0.1, 0.15) is 11.8 Å². The van der Waals surface area contributed by atoms with Crippen molar-refractivity contribution < 1.29 is 14.6 Å². The molecule has 0 spiro atoms. The van der Waals surface area contributed by atoms with Gasteiger partial charge in [-0.1, -0.05) is 0 Å². The quantitative estimate of drug-likeness (QED) is 0.932. The van der Waals surface area contributed by atoms with Crippen LogP contribution in [0.3, 0.4) is 0 Å². The molecule has 0 aliphatic heterocycles. The molecule has 0 saturated heterocycles. The lowest BCUT2D eigenvalue weighted by Crippen LogP contribution is -2.06. The average Bonchev–Trinajstić information content (AvgIpc) is 2.83. The predicted molar refractivity (Wildman–Crippen MR) is 71.2 cm³/mol. The van der Waals surface area contributed by atoms with Gasteiger partial charge in [0.2, 0.25) is 11.8 Å². The molecule has 5 nitrogen and oxygen atoms in total. The fourth-order valence-corrected chi connectivity index (χ4v) is 2.83. The molecule has 1 unspecified atom stereocenters. The molecule has 0 radical (unpaired) electrons. The van der Waals surface area contributed by atoms with Gasteiger partial charge in [-0.25, -0.2) is 4.98 Å². The Morgan fingerprint density at radius 1 is 1.33 bits per heavy atom. The van der Waals surface area contributed by atoms with Gasteiger partial charge < -0.3 is 14.6 Å². The maximum absolute atomic E-state index is 10.2. The standard InChI is InChI=1S/C11H11BrN2O3S/c1-16-8-5-13-9(11(14-8)17-2)10(15)6-3-4-7(12)18-6/h3-5,10,15H,1-2H3. The number of ether oxygens (including phenoxy) is 2. The lowest BCUT2D eigenvalue weighted by Gasteiger charge is -2.12. The van der Waals surface area contributed by atoms with Crippen molar-refractivity contribution in [1.82, 2.24) is 9.97 Å².